The highest BCUT2D eigenvalue weighted by Gasteiger charge is 2.10. The molecule has 98 valence electrons. The van der Waals surface area contributed by atoms with Crippen LogP contribution in [-0.2, 0) is 4.79 Å². The molecular weight excluding hydrogens is 238 g/mol. The van der Waals surface area contributed by atoms with Gasteiger partial charge in [-0.3, -0.25) is 4.79 Å². The van der Waals surface area contributed by atoms with Crippen LogP contribution in [0.5, 0.6) is 5.75 Å². The number of ketones is 1. The molecule has 0 amide bonds. The molecule has 0 aromatic heterocycles. The Morgan fingerprint density at radius 3 is 2.32 bits per heavy atom. The molecule has 0 spiro atoms. The van der Waals surface area contributed by atoms with E-state index in [2.05, 4.69) is 4.99 Å². The molecule has 3 nitrogen and oxygen atoms in total. The Kier molecular flexibility index (Phi) is 3.65. The zero-order valence-electron chi connectivity index (χ0n) is 11.3. The van der Waals surface area contributed by atoms with Crippen molar-refractivity contribution in [1.29, 1.82) is 0 Å². The van der Waals surface area contributed by atoms with Crippen LogP contribution in [-0.4, -0.2) is 16.6 Å². The number of aliphatic imine (C=N–C) groups is 1. The highest BCUT2D eigenvalue weighted by Crippen LogP contribution is 2.32. The molecule has 1 aromatic rings. The van der Waals surface area contributed by atoms with E-state index in [0.717, 1.165) is 22.5 Å². The van der Waals surface area contributed by atoms with Gasteiger partial charge in [-0.05, 0) is 60.4 Å². The Bertz CT molecular complexity index is 589. The van der Waals surface area contributed by atoms with Gasteiger partial charge in [0.25, 0.3) is 0 Å². The summed E-state index contributed by atoms with van der Waals surface area (Å²) in [7, 11) is 0. The van der Waals surface area contributed by atoms with Crippen LogP contribution in [0.4, 0.5) is 5.69 Å². The Morgan fingerprint density at radius 1 is 1.11 bits per heavy atom. The second-order valence-corrected chi connectivity index (χ2v) is 4.96. The second kappa shape index (κ2) is 5.22. The zero-order valence-corrected chi connectivity index (χ0v) is 11.3. The first-order valence-corrected chi connectivity index (χ1v) is 6.29. The molecular formula is C16H17NO2. The molecule has 0 unspecified atom stereocenters. The van der Waals surface area contributed by atoms with Crippen LogP contribution in [0.2, 0.25) is 0 Å². The van der Waals surface area contributed by atoms with Gasteiger partial charge in [-0.15, -0.1) is 0 Å². The molecule has 0 bridgehead atoms. The van der Waals surface area contributed by atoms with Crippen molar-refractivity contribution in [1.82, 2.24) is 0 Å². The van der Waals surface area contributed by atoms with Gasteiger partial charge in [0.2, 0.25) is 0 Å². The molecule has 19 heavy (non-hydrogen) atoms. The van der Waals surface area contributed by atoms with E-state index >= 15 is 0 Å². The van der Waals surface area contributed by atoms with Gasteiger partial charge in [-0.25, -0.2) is 4.99 Å². The largest absolute Gasteiger partial charge is 0.508 e. The summed E-state index contributed by atoms with van der Waals surface area (Å²) < 4.78 is 0. The van der Waals surface area contributed by atoms with Crippen molar-refractivity contribution in [3.05, 3.63) is 47.6 Å². The molecule has 1 aliphatic rings. The summed E-state index contributed by atoms with van der Waals surface area (Å²) in [5.74, 6) is 0.518. The maximum absolute atomic E-state index is 11.1. The summed E-state index contributed by atoms with van der Waals surface area (Å²) in [6.45, 7) is 5.96. The van der Waals surface area contributed by atoms with Crippen LogP contribution in [0.1, 0.15) is 30.9 Å². The molecule has 0 saturated carbocycles. The number of allylic oxidation sites excluding steroid dienone is 4. The molecule has 0 atom stereocenters. The van der Waals surface area contributed by atoms with Crippen LogP contribution >= 0.6 is 0 Å². The monoisotopic (exact) mass is 255 g/mol. The number of phenols is 1. The summed E-state index contributed by atoms with van der Waals surface area (Å²) >= 11 is 0. The molecule has 0 fully saturated rings. The van der Waals surface area contributed by atoms with Crippen molar-refractivity contribution < 1.29 is 9.90 Å². The highest BCUT2D eigenvalue weighted by molar-refractivity contribution is 6.17. The molecule has 0 radical (unpaired) electrons. The van der Waals surface area contributed by atoms with E-state index in [1.807, 2.05) is 26.8 Å². The number of rotatable bonds is 2. The topological polar surface area (TPSA) is 49.7 Å². The summed E-state index contributed by atoms with van der Waals surface area (Å²) in [5, 5.41) is 9.91. The first-order chi connectivity index (χ1) is 8.97. The lowest BCUT2D eigenvalue weighted by molar-refractivity contribution is -0.110. The minimum absolute atomic E-state index is 0.0238. The van der Waals surface area contributed by atoms with Crippen LogP contribution in [0.3, 0.4) is 0 Å². The van der Waals surface area contributed by atoms with Gasteiger partial charge < -0.3 is 5.11 Å². The first-order valence-electron chi connectivity index (χ1n) is 6.29. The fourth-order valence-corrected chi connectivity index (χ4v) is 1.94. The van der Waals surface area contributed by atoms with Gasteiger partial charge in [0, 0.05) is 0 Å². The van der Waals surface area contributed by atoms with E-state index in [-0.39, 0.29) is 11.7 Å². The Hall–Kier alpha value is -2.16. The summed E-state index contributed by atoms with van der Waals surface area (Å²) in [4.78, 5) is 15.6. The summed E-state index contributed by atoms with van der Waals surface area (Å²) in [5.41, 5.74) is 3.35. The van der Waals surface area contributed by atoms with Crippen LogP contribution < -0.4 is 0 Å². The molecule has 0 aliphatic heterocycles. The molecule has 2 rings (SSSR count). The van der Waals surface area contributed by atoms with Gasteiger partial charge in [-0.2, -0.15) is 0 Å². The number of carbonyl (C=O) groups excluding carboxylic acids is 1. The van der Waals surface area contributed by atoms with Gasteiger partial charge in [0.1, 0.15) is 5.75 Å². The minimum atomic E-state index is -0.0238. The fraction of sp³-hybridized carbons (Fsp3) is 0.250. The lowest BCUT2D eigenvalue weighted by Crippen LogP contribution is -1.99. The number of phenolic OH excluding ortho intramolecular Hbond substituents is 1. The number of hydrogen-bond donors (Lipinski definition) is 1. The van der Waals surface area contributed by atoms with E-state index in [9.17, 15) is 9.90 Å². The smallest absolute Gasteiger partial charge is 0.178 e. The molecule has 1 aromatic carbocycles. The quantitative estimate of drug-likeness (QED) is 0.821. The van der Waals surface area contributed by atoms with Gasteiger partial charge in [-0.1, -0.05) is 13.8 Å². The SMILES string of the molecule is Cc1cc(O)c(C(C)C)cc1N=C1C=CC(=O)C=C1. The van der Waals surface area contributed by atoms with Crippen molar-refractivity contribution in [3.63, 3.8) is 0 Å². The van der Waals surface area contributed by atoms with Gasteiger partial charge in [0.05, 0.1) is 11.4 Å². The number of carbonyl (C=O) groups is 1. The molecule has 1 N–H and O–H groups in total. The zero-order chi connectivity index (χ0) is 14.0. The normalized spacial score (nSPS) is 14.3. The first kappa shape index (κ1) is 13.3. The van der Waals surface area contributed by atoms with Crippen molar-refractivity contribution in [2.45, 2.75) is 26.7 Å². The molecule has 3 heteroatoms. The van der Waals surface area contributed by atoms with Gasteiger partial charge >= 0.3 is 0 Å². The molecule has 0 heterocycles. The molecule has 0 saturated heterocycles. The average molecular weight is 255 g/mol. The Balaban J connectivity index is 2.43. The van der Waals surface area contributed by atoms with Crippen LogP contribution in [0.15, 0.2) is 41.4 Å². The third-order valence-corrected chi connectivity index (χ3v) is 3.05. The third kappa shape index (κ3) is 2.99. The Morgan fingerprint density at radius 2 is 1.74 bits per heavy atom. The van der Waals surface area contributed by atoms with Crippen LogP contribution in [0.25, 0.3) is 0 Å². The van der Waals surface area contributed by atoms with Crippen molar-refractivity contribution >= 4 is 17.2 Å². The van der Waals surface area contributed by atoms with Crippen molar-refractivity contribution in [3.8, 4) is 5.75 Å². The fourth-order valence-electron chi connectivity index (χ4n) is 1.94. The van der Waals surface area contributed by atoms with E-state index in [1.54, 1.807) is 18.2 Å². The maximum atomic E-state index is 11.1. The van der Waals surface area contributed by atoms with Crippen molar-refractivity contribution in [2.75, 3.05) is 0 Å². The van der Waals surface area contributed by atoms with E-state index < -0.39 is 0 Å². The van der Waals surface area contributed by atoms with E-state index in [1.165, 1.54) is 12.2 Å². The number of aryl methyl sites for hydroxylation is 1. The second-order valence-electron chi connectivity index (χ2n) is 4.96. The van der Waals surface area contributed by atoms with Crippen LogP contribution in [0, 0.1) is 6.92 Å². The predicted molar refractivity (Wildman–Crippen MR) is 77.3 cm³/mol. The van der Waals surface area contributed by atoms with E-state index in [0.29, 0.717) is 5.75 Å². The summed E-state index contributed by atoms with van der Waals surface area (Å²) in [6, 6.07) is 3.64. The summed E-state index contributed by atoms with van der Waals surface area (Å²) in [6.07, 6.45) is 6.39. The predicted octanol–water partition coefficient (Wildman–Crippen LogP) is 3.59. The number of hydrogen-bond acceptors (Lipinski definition) is 3. The highest BCUT2D eigenvalue weighted by atomic mass is 16.3. The minimum Gasteiger partial charge on any atom is -0.508 e. The number of nitrogens with zero attached hydrogens (tertiary/aromatic N) is 1. The number of aromatic hydroxyl groups is 1. The van der Waals surface area contributed by atoms with Gasteiger partial charge in [0.15, 0.2) is 5.78 Å². The lowest BCUT2D eigenvalue weighted by atomic mass is 9.99. The number of benzene rings is 1. The third-order valence-electron chi connectivity index (χ3n) is 3.05. The average Bonchev–Trinajstić information content (AvgIpc) is 2.34. The standard InChI is InChI=1S/C16H17NO2/c1-10(2)14-9-15(11(3)8-16(14)19)17-12-4-6-13(18)7-5-12/h4-10,19H,1-3H3. The molecule has 1 aliphatic carbocycles. The van der Waals surface area contributed by atoms with E-state index in [4.69, 9.17) is 0 Å². The van der Waals surface area contributed by atoms with Crippen molar-refractivity contribution in [2.24, 2.45) is 4.99 Å². The Labute approximate surface area is 113 Å². The lowest BCUT2D eigenvalue weighted by Gasteiger charge is -2.11. The maximum Gasteiger partial charge on any atom is 0.178 e.